The van der Waals surface area contributed by atoms with Gasteiger partial charge in [0.1, 0.15) is 0 Å². The monoisotopic (exact) mass is 206 g/mol. The molecule has 15 heavy (non-hydrogen) atoms. The predicted octanol–water partition coefficient (Wildman–Crippen LogP) is 1.68. The van der Waals surface area contributed by atoms with Crippen molar-refractivity contribution in [2.75, 3.05) is 19.6 Å². The van der Waals surface area contributed by atoms with Crippen molar-refractivity contribution in [1.82, 2.24) is 10.6 Å². The zero-order valence-corrected chi connectivity index (χ0v) is 9.47. The van der Waals surface area contributed by atoms with E-state index >= 15 is 0 Å². The van der Waals surface area contributed by atoms with E-state index in [1.165, 1.54) is 38.6 Å². The Morgan fingerprint density at radius 2 is 2.33 bits per heavy atom. The minimum absolute atomic E-state index is 0.847. The van der Waals surface area contributed by atoms with Crippen molar-refractivity contribution >= 4 is 0 Å². The minimum atomic E-state index is 0.847. The highest BCUT2D eigenvalue weighted by Gasteiger charge is 2.38. The molecule has 2 saturated carbocycles. The number of hydrogen-bond acceptors (Lipinski definition) is 2. The zero-order valence-electron chi connectivity index (χ0n) is 9.47. The Balaban J connectivity index is 1.48. The summed E-state index contributed by atoms with van der Waals surface area (Å²) in [7, 11) is 0. The van der Waals surface area contributed by atoms with Crippen LogP contribution in [0.4, 0.5) is 0 Å². The third kappa shape index (κ3) is 2.11. The van der Waals surface area contributed by atoms with Crippen LogP contribution in [0.25, 0.3) is 0 Å². The molecule has 0 aromatic rings. The lowest BCUT2D eigenvalue weighted by Crippen LogP contribution is -2.36. The second kappa shape index (κ2) is 4.26. The summed E-state index contributed by atoms with van der Waals surface area (Å²) < 4.78 is 0. The molecule has 3 aliphatic rings. The molecule has 2 bridgehead atoms. The van der Waals surface area contributed by atoms with Crippen molar-refractivity contribution in [3.8, 4) is 0 Å². The maximum Gasteiger partial charge on any atom is 0.0168 e. The van der Waals surface area contributed by atoms with Gasteiger partial charge >= 0.3 is 0 Å². The van der Waals surface area contributed by atoms with Crippen molar-refractivity contribution in [3.05, 3.63) is 11.6 Å². The molecule has 2 fully saturated rings. The van der Waals surface area contributed by atoms with Gasteiger partial charge in [0.2, 0.25) is 0 Å². The van der Waals surface area contributed by atoms with Gasteiger partial charge in [-0.2, -0.15) is 0 Å². The van der Waals surface area contributed by atoms with Crippen molar-refractivity contribution < 1.29 is 0 Å². The van der Waals surface area contributed by atoms with Crippen molar-refractivity contribution in [1.29, 1.82) is 0 Å². The van der Waals surface area contributed by atoms with E-state index in [0.29, 0.717) is 0 Å². The smallest absolute Gasteiger partial charge is 0.0168 e. The fourth-order valence-corrected chi connectivity index (χ4v) is 3.59. The Morgan fingerprint density at radius 3 is 3.00 bits per heavy atom. The van der Waals surface area contributed by atoms with Gasteiger partial charge in [0.25, 0.3) is 0 Å². The SMILES string of the molecule is C1=C(CNC2CC3CCC2C3)CCNC1. The summed E-state index contributed by atoms with van der Waals surface area (Å²) >= 11 is 0. The van der Waals surface area contributed by atoms with Gasteiger partial charge in [-0.3, -0.25) is 0 Å². The van der Waals surface area contributed by atoms with Crippen LogP contribution in [0.5, 0.6) is 0 Å². The Bertz CT molecular complexity index is 259. The third-order valence-corrected chi connectivity index (χ3v) is 4.49. The van der Waals surface area contributed by atoms with E-state index in [9.17, 15) is 0 Å². The summed E-state index contributed by atoms with van der Waals surface area (Å²) in [6.07, 6.45) is 9.57. The molecule has 0 saturated heterocycles. The van der Waals surface area contributed by atoms with Gasteiger partial charge in [-0.25, -0.2) is 0 Å². The topological polar surface area (TPSA) is 24.1 Å². The summed E-state index contributed by atoms with van der Waals surface area (Å²) in [5.41, 5.74) is 1.62. The Morgan fingerprint density at radius 1 is 1.33 bits per heavy atom. The second-order valence-electron chi connectivity index (χ2n) is 5.48. The highest BCUT2D eigenvalue weighted by Crippen LogP contribution is 2.44. The molecule has 0 spiro atoms. The van der Waals surface area contributed by atoms with Crippen LogP contribution in [0.1, 0.15) is 32.1 Å². The lowest BCUT2D eigenvalue weighted by atomic mass is 9.95. The Labute approximate surface area is 92.5 Å². The van der Waals surface area contributed by atoms with Gasteiger partial charge in [0.05, 0.1) is 0 Å². The first-order valence-corrected chi connectivity index (χ1v) is 6.54. The molecular weight excluding hydrogens is 184 g/mol. The fraction of sp³-hybridized carbons (Fsp3) is 0.846. The van der Waals surface area contributed by atoms with Crippen LogP contribution in [-0.2, 0) is 0 Å². The Hall–Kier alpha value is -0.340. The molecular formula is C13H22N2. The first kappa shape index (κ1) is 9.86. The summed E-state index contributed by atoms with van der Waals surface area (Å²) in [6.45, 7) is 3.40. The van der Waals surface area contributed by atoms with E-state index in [2.05, 4.69) is 16.7 Å². The quantitative estimate of drug-likeness (QED) is 0.687. The summed E-state index contributed by atoms with van der Waals surface area (Å²) in [4.78, 5) is 0. The molecule has 2 N–H and O–H groups in total. The average Bonchev–Trinajstić information content (AvgIpc) is 2.89. The van der Waals surface area contributed by atoms with Crippen LogP contribution < -0.4 is 10.6 Å². The number of fused-ring (bicyclic) bond motifs is 2. The molecule has 3 rings (SSSR count). The summed E-state index contributed by atoms with van der Waals surface area (Å²) in [5, 5.41) is 7.15. The van der Waals surface area contributed by atoms with Crippen molar-refractivity contribution in [3.63, 3.8) is 0 Å². The van der Waals surface area contributed by atoms with E-state index in [0.717, 1.165) is 31.0 Å². The molecule has 1 aliphatic heterocycles. The lowest BCUT2D eigenvalue weighted by molar-refractivity contribution is 0.359. The molecule has 1 heterocycles. The van der Waals surface area contributed by atoms with Crippen molar-refractivity contribution in [2.45, 2.75) is 38.1 Å². The van der Waals surface area contributed by atoms with Gasteiger partial charge in [0.15, 0.2) is 0 Å². The molecule has 2 nitrogen and oxygen atoms in total. The molecule has 0 radical (unpaired) electrons. The molecule has 0 aromatic heterocycles. The largest absolute Gasteiger partial charge is 0.313 e. The van der Waals surface area contributed by atoms with Gasteiger partial charge in [-0.1, -0.05) is 18.1 Å². The molecule has 0 amide bonds. The fourth-order valence-electron chi connectivity index (χ4n) is 3.59. The van der Waals surface area contributed by atoms with Gasteiger partial charge in [-0.05, 0) is 44.1 Å². The van der Waals surface area contributed by atoms with Crippen LogP contribution in [0, 0.1) is 11.8 Å². The first-order valence-electron chi connectivity index (χ1n) is 6.54. The normalized spacial score (nSPS) is 39.5. The average molecular weight is 206 g/mol. The Kier molecular flexibility index (Phi) is 2.80. The van der Waals surface area contributed by atoms with Gasteiger partial charge < -0.3 is 10.6 Å². The number of hydrogen-bond donors (Lipinski definition) is 2. The van der Waals surface area contributed by atoms with Crippen LogP contribution in [0.2, 0.25) is 0 Å². The second-order valence-corrected chi connectivity index (χ2v) is 5.48. The summed E-state index contributed by atoms with van der Waals surface area (Å²) in [5.74, 6) is 2.08. The molecule has 84 valence electrons. The van der Waals surface area contributed by atoms with E-state index in [1.807, 2.05) is 0 Å². The van der Waals surface area contributed by atoms with Gasteiger partial charge in [-0.15, -0.1) is 0 Å². The van der Waals surface area contributed by atoms with Crippen molar-refractivity contribution in [2.24, 2.45) is 11.8 Å². The van der Waals surface area contributed by atoms with E-state index < -0.39 is 0 Å². The highest BCUT2D eigenvalue weighted by molar-refractivity contribution is 5.09. The van der Waals surface area contributed by atoms with Crippen LogP contribution in [0.15, 0.2) is 11.6 Å². The summed E-state index contributed by atoms with van der Waals surface area (Å²) in [6, 6.07) is 0.847. The maximum absolute atomic E-state index is 3.79. The molecule has 2 aliphatic carbocycles. The predicted molar refractivity (Wildman–Crippen MR) is 62.8 cm³/mol. The molecule has 0 aromatic carbocycles. The molecule has 3 atom stereocenters. The zero-order chi connectivity index (χ0) is 10.1. The van der Waals surface area contributed by atoms with E-state index in [4.69, 9.17) is 0 Å². The lowest BCUT2D eigenvalue weighted by Gasteiger charge is -2.24. The third-order valence-electron chi connectivity index (χ3n) is 4.49. The maximum atomic E-state index is 3.79. The highest BCUT2D eigenvalue weighted by atomic mass is 14.9. The molecule has 2 heteroatoms. The van der Waals surface area contributed by atoms with Gasteiger partial charge in [0, 0.05) is 19.1 Å². The molecule has 3 unspecified atom stereocenters. The standard InChI is InChI=1S/C13H22N2/c1-2-12-7-11(1)8-13(12)15-9-10-3-5-14-6-4-10/h3,11-15H,1-2,4-9H2. The van der Waals surface area contributed by atoms with Crippen LogP contribution >= 0.6 is 0 Å². The van der Waals surface area contributed by atoms with Crippen LogP contribution in [-0.4, -0.2) is 25.7 Å². The first-order chi connectivity index (χ1) is 7.42. The van der Waals surface area contributed by atoms with E-state index in [1.54, 1.807) is 5.57 Å². The number of rotatable bonds is 3. The number of nitrogens with one attached hydrogen (secondary N) is 2. The minimum Gasteiger partial charge on any atom is -0.313 e. The van der Waals surface area contributed by atoms with Crippen LogP contribution in [0.3, 0.4) is 0 Å². The van der Waals surface area contributed by atoms with E-state index in [-0.39, 0.29) is 0 Å².